The average Bonchev–Trinajstić information content (AvgIpc) is 2.86. The smallest absolute Gasteiger partial charge is 0.254 e. The predicted molar refractivity (Wildman–Crippen MR) is 68.1 cm³/mol. The average molecular weight is 310 g/mol. The van der Waals surface area contributed by atoms with Crippen LogP contribution in [0.1, 0.15) is 13.3 Å². The largest absolute Gasteiger partial charge is 0.352 e. The maximum atomic E-state index is 12.2. The molecule has 0 aliphatic carbocycles. The molecule has 6 nitrogen and oxygen atoms in total. The van der Waals surface area contributed by atoms with Gasteiger partial charge in [0.05, 0.1) is 6.20 Å². The van der Waals surface area contributed by atoms with Gasteiger partial charge in [0, 0.05) is 26.1 Å². The van der Waals surface area contributed by atoms with Crippen LogP contribution in [-0.4, -0.2) is 42.7 Å². The first-order chi connectivity index (χ1) is 8.39. The van der Waals surface area contributed by atoms with E-state index in [9.17, 15) is 13.2 Å². The summed E-state index contributed by atoms with van der Waals surface area (Å²) in [5.41, 5.74) is 0. The third kappa shape index (κ3) is 2.82. The molecule has 1 atom stereocenters. The van der Waals surface area contributed by atoms with Crippen LogP contribution in [-0.2, 0) is 14.8 Å². The van der Waals surface area contributed by atoms with Gasteiger partial charge in [-0.1, -0.05) is 22.9 Å². The van der Waals surface area contributed by atoms with Crippen molar-refractivity contribution in [1.29, 1.82) is 0 Å². The quantitative estimate of drug-likeness (QED) is 0.891. The highest BCUT2D eigenvalue weighted by molar-refractivity contribution is 7.91. The fraction of sp³-hybridized carbons (Fsp3) is 0.556. The summed E-state index contributed by atoms with van der Waals surface area (Å²) < 4.78 is 26.1. The molecule has 2 heterocycles. The molecule has 0 bridgehead atoms. The monoisotopic (exact) mass is 309 g/mol. The van der Waals surface area contributed by atoms with Gasteiger partial charge < -0.3 is 5.32 Å². The molecule has 0 aromatic carbocycles. The number of halogens is 1. The summed E-state index contributed by atoms with van der Waals surface area (Å²) in [5.74, 6) is -0.153. The minimum Gasteiger partial charge on any atom is -0.352 e. The second kappa shape index (κ2) is 5.12. The first-order valence-electron chi connectivity index (χ1n) is 5.28. The lowest BCUT2D eigenvalue weighted by Crippen LogP contribution is -2.37. The van der Waals surface area contributed by atoms with E-state index in [-0.39, 0.29) is 27.2 Å². The molecule has 18 heavy (non-hydrogen) atoms. The fourth-order valence-electron chi connectivity index (χ4n) is 1.84. The van der Waals surface area contributed by atoms with E-state index in [1.54, 1.807) is 0 Å². The number of rotatable bonds is 3. The molecular weight excluding hydrogens is 298 g/mol. The van der Waals surface area contributed by atoms with Crippen molar-refractivity contribution in [3.05, 3.63) is 10.7 Å². The first-order valence-corrected chi connectivity index (χ1v) is 7.91. The van der Waals surface area contributed by atoms with E-state index >= 15 is 0 Å². The summed E-state index contributed by atoms with van der Waals surface area (Å²) in [6.45, 7) is 2.10. The van der Waals surface area contributed by atoms with Crippen LogP contribution in [0.5, 0.6) is 0 Å². The normalized spacial score (nSPS) is 21.1. The molecule has 1 unspecified atom stereocenters. The van der Waals surface area contributed by atoms with Crippen LogP contribution in [0, 0.1) is 0 Å². The van der Waals surface area contributed by atoms with Crippen molar-refractivity contribution in [2.75, 3.05) is 13.1 Å². The van der Waals surface area contributed by atoms with Crippen molar-refractivity contribution < 1.29 is 13.2 Å². The number of nitrogens with one attached hydrogen (secondary N) is 1. The number of amides is 1. The number of hydrogen-bond donors (Lipinski definition) is 1. The van der Waals surface area contributed by atoms with E-state index in [0.29, 0.717) is 13.0 Å². The van der Waals surface area contributed by atoms with Crippen molar-refractivity contribution in [2.24, 2.45) is 0 Å². The highest BCUT2D eigenvalue weighted by Crippen LogP contribution is 2.27. The lowest BCUT2D eigenvalue weighted by atomic mass is 10.3. The van der Waals surface area contributed by atoms with Gasteiger partial charge in [0.15, 0.2) is 8.68 Å². The minimum absolute atomic E-state index is 0.124. The molecule has 100 valence electrons. The van der Waals surface area contributed by atoms with Crippen molar-refractivity contribution in [2.45, 2.75) is 23.6 Å². The van der Waals surface area contributed by atoms with Crippen molar-refractivity contribution in [1.82, 2.24) is 14.6 Å². The minimum atomic E-state index is -3.53. The summed E-state index contributed by atoms with van der Waals surface area (Å²) in [4.78, 5) is 14.7. The second-order valence-corrected chi connectivity index (χ2v) is 7.76. The summed E-state index contributed by atoms with van der Waals surface area (Å²) in [7, 11) is -3.53. The Labute approximate surface area is 114 Å². The summed E-state index contributed by atoms with van der Waals surface area (Å²) in [5, 5.41) is 2.72. The number of thiazole rings is 1. The fourth-order valence-corrected chi connectivity index (χ4v) is 4.79. The molecule has 1 aliphatic heterocycles. The van der Waals surface area contributed by atoms with Gasteiger partial charge in [-0.25, -0.2) is 13.4 Å². The molecule has 0 radical (unpaired) electrons. The van der Waals surface area contributed by atoms with Crippen LogP contribution in [0.15, 0.2) is 10.4 Å². The highest BCUT2D eigenvalue weighted by atomic mass is 35.5. The van der Waals surface area contributed by atoms with Gasteiger partial charge in [-0.15, -0.1) is 0 Å². The molecule has 1 fully saturated rings. The molecule has 1 aromatic heterocycles. The molecule has 0 spiro atoms. The van der Waals surface area contributed by atoms with Crippen LogP contribution in [0.2, 0.25) is 4.47 Å². The van der Waals surface area contributed by atoms with Crippen LogP contribution < -0.4 is 5.32 Å². The van der Waals surface area contributed by atoms with Crippen molar-refractivity contribution in [3.63, 3.8) is 0 Å². The Morgan fingerprint density at radius 1 is 1.67 bits per heavy atom. The van der Waals surface area contributed by atoms with E-state index in [0.717, 1.165) is 11.3 Å². The molecule has 1 aliphatic rings. The van der Waals surface area contributed by atoms with Gasteiger partial charge in [0.1, 0.15) is 0 Å². The Hall–Kier alpha value is -0.700. The number of carbonyl (C=O) groups is 1. The number of carbonyl (C=O) groups excluding carboxylic acids is 1. The Balaban J connectivity index is 2.11. The van der Waals surface area contributed by atoms with E-state index in [1.807, 2.05) is 0 Å². The SMILES string of the molecule is CC(=O)NC1CCN(S(=O)(=O)c2cnc(Cl)s2)C1. The second-order valence-electron chi connectivity index (χ2n) is 3.98. The Morgan fingerprint density at radius 3 is 2.94 bits per heavy atom. The third-order valence-corrected chi connectivity index (χ3v) is 6.03. The third-order valence-electron chi connectivity index (χ3n) is 2.61. The summed E-state index contributed by atoms with van der Waals surface area (Å²) in [6, 6.07) is -0.124. The summed E-state index contributed by atoms with van der Waals surface area (Å²) in [6.07, 6.45) is 1.87. The van der Waals surface area contributed by atoms with Gasteiger partial charge in [-0.05, 0) is 6.42 Å². The molecule has 2 rings (SSSR count). The van der Waals surface area contributed by atoms with Crippen LogP contribution >= 0.6 is 22.9 Å². The first kappa shape index (κ1) is 13.7. The lowest BCUT2D eigenvalue weighted by Gasteiger charge is -2.15. The maximum absolute atomic E-state index is 12.2. The predicted octanol–water partition coefficient (Wildman–Crippen LogP) is 0.696. The van der Waals surface area contributed by atoms with E-state index in [1.165, 1.54) is 17.4 Å². The van der Waals surface area contributed by atoms with Crippen LogP contribution in [0.4, 0.5) is 0 Å². The van der Waals surface area contributed by atoms with Gasteiger partial charge in [0.25, 0.3) is 10.0 Å². The van der Waals surface area contributed by atoms with Gasteiger partial charge >= 0.3 is 0 Å². The maximum Gasteiger partial charge on any atom is 0.254 e. The molecule has 0 saturated carbocycles. The molecular formula is C9H12ClN3O3S2. The Kier molecular flexibility index (Phi) is 3.90. The summed E-state index contributed by atoms with van der Waals surface area (Å²) >= 11 is 6.57. The molecule has 1 aromatic rings. The van der Waals surface area contributed by atoms with Crippen molar-refractivity contribution in [3.8, 4) is 0 Å². The van der Waals surface area contributed by atoms with E-state index < -0.39 is 10.0 Å². The number of aromatic nitrogens is 1. The molecule has 1 N–H and O–H groups in total. The number of nitrogens with zero attached hydrogens (tertiary/aromatic N) is 2. The Morgan fingerprint density at radius 2 is 2.39 bits per heavy atom. The van der Waals surface area contributed by atoms with Crippen molar-refractivity contribution >= 4 is 38.9 Å². The standard InChI is InChI=1S/C9H12ClN3O3S2/c1-6(14)12-7-2-3-13(5-7)18(15,16)8-4-11-9(10)17-8/h4,7H,2-3,5H2,1H3,(H,12,14). The number of sulfonamides is 1. The lowest BCUT2D eigenvalue weighted by molar-refractivity contribution is -0.119. The van der Waals surface area contributed by atoms with E-state index in [4.69, 9.17) is 11.6 Å². The molecule has 1 saturated heterocycles. The Bertz CT molecular complexity index is 557. The topological polar surface area (TPSA) is 79.4 Å². The zero-order valence-corrected chi connectivity index (χ0v) is 12.0. The van der Waals surface area contributed by atoms with Crippen LogP contribution in [0.3, 0.4) is 0 Å². The zero-order chi connectivity index (χ0) is 13.3. The highest BCUT2D eigenvalue weighted by Gasteiger charge is 2.34. The van der Waals surface area contributed by atoms with Gasteiger partial charge in [-0.2, -0.15) is 4.31 Å². The molecule has 1 amide bonds. The molecule has 9 heteroatoms. The van der Waals surface area contributed by atoms with Gasteiger partial charge in [0.2, 0.25) is 5.91 Å². The number of hydrogen-bond acceptors (Lipinski definition) is 5. The van der Waals surface area contributed by atoms with E-state index in [2.05, 4.69) is 10.3 Å². The van der Waals surface area contributed by atoms with Gasteiger partial charge in [-0.3, -0.25) is 4.79 Å². The van der Waals surface area contributed by atoms with Crippen LogP contribution in [0.25, 0.3) is 0 Å². The zero-order valence-electron chi connectivity index (χ0n) is 9.59.